The summed E-state index contributed by atoms with van der Waals surface area (Å²) in [5.74, 6) is -14.2. The molecule has 0 aliphatic carbocycles. The summed E-state index contributed by atoms with van der Waals surface area (Å²) in [6.45, 7) is -0.639. The van der Waals surface area contributed by atoms with Crippen molar-refractivity contribution in [1.29, 1.82) is 0 Å². The molecule has 0 aliphatic heterocycles. The minimum atomic E-state index is -2.34. The van der Waals surface area contributed by atoms with E-state index in [2.05, 4.69) is 15.0 Å². The molecule has 0 radical (unpaired) electrons. The number of benzene rings is 2. The third-order valence-corrected chi connectivity index (χ3v) is 3.08. The molecule has 0 aliphatic rings. The minimum Gasteiger partial charge on any atom is -0.419 e. The van der Waals surface area contributed by atoms with Gasteiger partial charge in [-0.2, -0.15) is 8.78 Å². The number of esters is 1. The average molecular weight is 343 g/mol. The van der Waals surface area contributed by atoms with Crippen LogP contribution in [0.1, 0.15) is 0 Å². The van der Waals surface area contributed by atoms with E-state index in [1.165, 1.54) is 0 Å². The number of hydrogen-bond acceptors (Lipinski definition) is 4. The standard InChI is InChI=1S/C14H6F5N3O2/c15-9-10(16)12(18)14(13(19)11(9)17)24-8(23)5-22-7-4-2-1-3-6(7)20-21-22/h1-4H,5H2. The first kappa shape index (κ1) is 15.8. The van der Waals surface area contributed by atoms with E-state index in [9.17, 15) is 26.7 Å². The molecule has 0 amide bonds. The summed E-state index contributed by atoms with van der Waals surface area (Å²) in [7, 11) is 0. The lowest BCUT2D eigenvalue weighted by Gasteiger charge is -2.09. The maximum atomic E-state index is 13.5. The SMILES string of the molecule is O=C(Cn1nnc2ccccc21)Oc1c(F)c(F)c(F)c(F)c1F. The Morgan fingerprint density at radius 1 is 0.958 bits per heavy atom. The van der Waals surface area contributed by atoms with E-state index in [0.717, 1.165) is 4.68 Å². The van der Waals surface area contributed by atoms with E-state index in [4.69, 9.17) is 0 Å². The molecular weight excluding hydrogens is 337 g/mol. The van der Waals surface area contributed by atoms with Crippen LogP contribution in [-0.2, 0) is 11.3 Å². The summed E-state index contributed by atoms with van der Waals surface area (Å²) >= 11 is 0. The van der Waals surface area contributed by atoms with Gasteiger partial charge in [-0.25, -0.2) is 22.6 Å². The average Bonchev–Trinajstić information content (AvgIpc) is 2.98. The first-order valence-corrected chi connectivity index (χ1v) is 6.40. The van der Waals surface area contributed by atoms with Crippen LogP contribution in [-0.4, -0.2) is 21.0 Å². The molecule has 0 spiro atoms. The molecule has 5 nitrogen and oxygen atoms in total. The number of nitrogens with zero attached hydrogens (tertiary/aromatic N) is 3. The van der Waals surface area contributed by atoms with Gasteiger partial charge in [0, 0.05) is 0 Å². The molecular formula is C14H6F5N3O2. The van der Waals surface area contributed by atoms with Crippen LogP contribution in [0.2, 0.25) is 0 Å². The highest BCUT2D eigenvalue weighted by Gasteiger charge is 2.28. The minimum absolute atomic E-state index is 0.423. The molecule has 1 heterocycles. The molecule has 24 heavy (non-hydrogen) atoms. The third-order valence-electron chi connectivity index (χ3n) is 3.08. The molecule has 1 aromatic heterocycles. The van der Waals surface area contributed by atoms with E-state index in [1.54, 1.807) is 24.3 Å². The number of halogens is 5. The van der Waals surface area contributed by atoms with E-state index in [1.807, 2.05) is 0 Å². The lowest BCUT2D eigenvalue weighted by Crippen LogP contribution is -2.19. The highest BCUT2D eigenvalue weighted by Crippen LogP contribution is 2.29. The Hall–Kier alpha value is -3.04. The van der Waals surface area contributed by atoms with Gasteiger partial charge < -0.3 is 4.74 Å². The molecule has 3 rings (SSSR count). The van der Waals surface area contributed by atoms with Crippen molar-refractivity contribution in [2.45, 2.75) is 6.54 Å². The lowest BCUT2D eigenvalue weighted by atomic mass is 10.2. The largest absolute Gasteiger partial charge is 0.419 e. The van der Waals surface area contributed by atoms with Crippen molar-refractivity contribution >= 4 is 17.0 Å². The van der Waals surface area contributed by atoms with Gasteiger partial charge in [-0.1, -0.05) is 17.3 Å². The Morgan fingerprint density at radius 2 is 1.54 bits per heavy atom. The van der Waals surface area contributed by atoms with Crippen LogP contribution in [0, 0.1) is 29.1 Å². The normalized spacial score (nSPS) is 11.0. The van der Waals surface area contributed by atoms with Crippen molar-refractivity contribution < 1.29 is 31.5 Å². The summed E-state index contributed by atoms with van der Waals surface area (Å²) in [5, 5.41) is 7.38. The number of rotatable bonds is 3. The van der Waals surface area contributed by atoms with E-state index in [-0.39, 0.29) is 0 Å². The third kappa shape index (κ3) is 2.55. The summed E-state index contributed by atoms with van der Waals surface area (Å²) in [6, 6.07) is 6.49. The fourth-order valence-corrected chi connectivity index (χ4v) is 1.98. The van der Waals surface area contributed by atoms with Crippen molar-refractivity contribution in [1.82, 2.24) is 15.0 Å². The molecule has 10 heteroatoms. The molecule has 2 aromatic carbocycles. The predicted octanol–water partition coefficient (Wildman–Crippen LogP) is 2.73. The van der Waals surface area contributed by atoms with Gasteiger partial charge in [0.2, 0.25) is 34.8 Å². The van der Waals surface area contributed by atoms with Crippen molar-refractivity contribution in [3.63, 3.8) is 0 Å². The Kier molecular flexibility index (Phi) is 3.87. The molecule has 0 saturated heterocycles. The summed E-state index contributed by atoms with van der Waals surface area (Å²) in [5.41, 5.74) is 0.869. The van der Waals surface area contributed by atoms with Gasteiger partial charge in [-0.3, -0.25) is 0 Å². The van der Waals surface area contributed by atoms with Crippen LogP contribution in [0.25, 0.3) is 11.0 Å². The molecule has 0 bridgehead atoms. The molecule has 3 aromatic rings. The quantitative estimate of drug-likeness (QED) is 0.241. The smallest absolute Gasteiger partial charge is 0.333 e. The number of aromatic nitrogens is 3. The summed E-state index contributed by atoms with van der Waals surface area (Å²) in [4.78, 5) is 11.8. The van der Waals surface area contributed by atoms with Gasteiger partial charge in [0.25, 0.3) is 0 Å². The number of carbonyl (C=O) groups excluding carboxylic acids is 1. The van der Waals surface area contributed by atoms with Crippen LogP contribution >= 0.6 is 0 Å². The van der Waals surface area contributed by atoms with E-state index < -0.39 is 47.3 Å². The zero-order valence-electron chi connectivity index (χ0n) is 11.6. The Morgan fingerprint density at radius 3 is 2.21 bits per heavy atom. The van der Waals surface area contributed by atoms with Crippen LogP contribution in [0.15, 0.2) is 24.3 Å². The van der Waals surface area contributed by atoms with E-state index >= 15 is 0 Å². The predicted molar refractivity (Wildman–Crippen MR) is 69.4 cm³/mol. The Bertz CT molecular complexity index is 928. The molecule has 124 valence electrons. The maximum Gasteiger partial charge on any atom is 0.333 e. The second kappa shape index (κ2) is 5.87. The summed E-state index contributed by atoms with van der Waals surface area (Å²) < 4.78 is 71.3. The van der Waals surface area contributed by atoms with Gasteiger partial charge in [0.05, 0.1) is 5.52 Å². The van der Waals surface area contributed by atoms with Crippen LogP contribution < -0.4 is 4.74 Å². The van der Waals surface area contributed by atoms with Gasteiger partial charge in [0.15, 0.2) is 0 Å². The number of para-hydroxylation sites is 1. The van der Waals surface area contributed by atoms with Gasteiger partial charge in [-0.05, 0) is 12.1 Å². The van der Waals surface area contributed by atoms with Crippen LogP contribution in [0.4, 0.5) is 22.0 Å². The van der Waals surface area contributed by atoms with Gasteiger partial charge in [0.1, 0.15) is 12.1 Å². The molecule has 0 N–H and O–H groups in total. The highest BCUT2D eigenvalue weighted by atomic mass is 19.2. The number of carbonyl (C=O) groups is 1. The second-order valence-corrected chi connectivity index (χ2v) is 4.61. The number of fused-ring (bicyclic) bond motifs is 1. The lowest BCUT2D eigenvalue weighted by molar-refractivity contribution is -0.135. The summed E-state index contributed by atoms with van der Waals surface area (Å²) in [6.07, 6.45) is 0. The monoisotopic (exact) mass is 343 g/mol. The number of ether oxygens (including phenoxy) is 1. The Balaban J connectivity index is 1.88. The van der Waals surface area contributed by atoms with Crippen molar-refractivity contribution in [3.05, 3.63) is 53.4 Å². The molecule has 0 atom stereocenters. The van der Waals surface area contributed by atoms with Crippen LogP contribution in [0.5, 0.6) is 5.75 Å². The van der Waals surface area contributed by atoms with Crippen molar-refractivity contribution in [2.24, 2.45) is 0 Å². The molecule has 0 fully saturated rings. The maximum absolute atomic E-state index is 13.5. The van der Waals surface area contributed by atoms with Gasteiger partial charge in [-0.15, -0.1) is 5.10 Å². The van der Waals surface area contributed by atoms with Crippen molar-refractivity contribution in [3.8, 4) is 5.75 Å². The molecule has 0 saturated carbocycles. The number of hydrogen-bond donors (Lipinski definition) is 0. The molecule has 0 unspecified atom stereocenters. The van der Waals surface area contributed by atoms with Crippen molar-refractivity contribution in [2.75, 3.05) is 0 Å². The fourth-order valence-electron chi connectivity index (χ4n) is 1.98. The first-order chi connectivity index (χ1) is 11.4. The van der Waals surface area contributed by atoms with E-state index in [0.29, 0.717) is 11.0 Å². The Labute approximate surface area is 130 Å². The highest BCUT2D eigenvalue weighted by molar-refractivity contribution is 5.78. The first-order valence-electron chi connectivity index (χ1n) is 6.40. The fraction of sp³-hybridized carbons (Fsp3) is 0.0714. The zero-order chi connectivity index (χ0) is 17.4. The second-order valence-electron chi connectivity index (χ2n) is 4.61. The van der Waals surface area contributed by atoms with Gasteiger partial charge >= 0.3 is 5.97 Å². The van der Waals surface area contributed by atoms with Crippen LogP contribution in [0.3, 0.4) is 0 Å². The topological polar surface area (TPSA) is 57.0 Å². The zero-order valence-corrected chi connectivity index (χ0v) is 11.6.